The van der Waals surface area contributed by atoms with Gasteiger partial charge in [0.15, 0.2) is 0 Å². The van der Waals surface area contributed by atoms with Gasteiger partial charge in [0.05, 0.1) is 36.7 Å². The van der Waals surface area contributed by atoms with Gasteiger partial charge in [0.25, 0.3) is 0 Å². The number of carbonyl (C=O) groups excluding carboxylic acids is 1. The average molecular weight is 755 g/mol. The molecule has 1 aliphatic carbocycles. The van der Waals surface area contributed by atoms with Crippen LogP contribution in [0.15, 0.2) is 48.7 Å². The highest BCUT2D eigenvalue weighted by Gasteiger charge is 2.38. The van der Waals surface area contributed by atoms with E-state index in [9.17, 15) is 23.1 Å². The van der Waals surface area contributed by atoms with Gasteiger partial charge < -0.3 is 35.3 Å². The second kappa shape index (κ2) is 16.7. The lowest BCUT2D eigenvalue weighted by molar-refractivity contribution is -0.139. The van der Waals surface area contributed by atoms with Crippen LogP contribution in [0.1, 0.15) is 66.5 Å². The molecule has 4 heterocycles. The number of hydrogen-bond acceptors (Lipinski definition) is 10. The fourth-order valence-electron chi connectivity index (χ4n) is 6.79. The molecule has 1 fully saturated rings. The predicted octanol–water partition coefficient (Wildman–Crippen LogP) is 6.19. The molecule has 2 aliphatic rings. The Morgan fingerprint density at radius 1 is 0.981 bits per heavy atom. The van der Waals surface area contributed by atoms with Crippen LogP contribution in [0.4, 0.5) is 13.2 Å². The highest BCUT2D eigenvalue weighted by molar-refractivity contribution is 6.35. The van der Waals surface area contributed by atoms with Crippen LogP contribution in [0, 0.1) is 0 Å². The minimum Gasteiger partial charge on any atom is -0.481 e. The van der Waals surface area contributed by atoms with Crippen molar-refractivity contribution < 1.29 is 37.3 Å². The highest BCUT2D eigenvalue weighted by Crippen LogP contribution is 2.44. The lowest BCUT2D eigenvalue weighted by Crippen LogP contribution is -2.35. The number of carbonyl (C=O) groups is 1. The van der Waals surface area contributed by atoms with Crippen LogP contribution >= 0.6 is 11.6 Å². The third-order valence-corrected chi connectivity index (χ3v) is 9.71. The van der Waals surface area contributed by atoms with Crippen molar-refractivity contribution in [3.05, 3.63) is 81.5 Å². The SMILES string of the molecule is COc1nc(-c2ccnc(-c3cccc4c3CCC[C@@H]4Oc3nc(OC)c(CNCC(C)O)cc3C(F)(F)F)c2Cl)ccc1CNC[C@@H]1CCC(=O)N1. The Bertz CT molecular complexity index is 1950. The van der Waals surface area contributed by atoms with Crippen molar-refractivity contribution in [1.82, 2.24) is 30.9 Å². The second-order valence-electron chi connectivity index (χ2n) is 13.2. The summed E-state index contributed by atoms with van der Waals surface area (Å²) in [4.78, 5) is 25.1. The number of amides is 1. The van der Waals surface area contributed by atoms with Crippen molar-refractivity contribution >= 4 is 17.5 Å². The van der Waals surface area contributed by atoms with E-state index in [1.807, 2.05) is 30.3 Å². The molecule has 1 unspecified atom stereocenters. The van der Waals surface area contributed by atoms with Gasteiger partial charge in [0.1, 0.15) is 11.7 Å². The van der Waals surface area contributed by atoms with Crippen molar-refractivity contribution in [2.75, 3.05) is 27.3 Å². The van der Waals surface area contributed by atoms with Gasteiger partial charge in [-0.15, -0.1) is 0 Å². The molecule has 3 atom stereocenters. The number of halogens is 4. The quantitative estimate of drug-likeness (QED) is 0.118. The summed E-state index contributed by atoms with van der Waals surface area (Å²) in [5.74, 6) is -0.0718. The van der Waals surface area contributed by atoms with Gasteiger partial charge in [-0.25, -0.2) is 4.98 Å². The first-order valence-electron chi connectivity index (χ1n) is 17.5. The fraction of sp³-hybridized carbons (Fsp3) is 0.421. The number of aliphatic hydroxyl groups excluding tert-OH is 1. The largest absolute Gasteiger partial charge is 0.481 e. The molecule has 15 heteroatoms. The smallest absolute Gasteiger partial charge is 0.421 e. The normalized spacial score (nSPS) is 17.6. The summed E-state index contributed by atoms with van der Waals surface area (Å²) < 4.78 is 60.3. The number of nitrogens with zero attached hydrogens (tertiary/aromatic N) is 3. The molecule has 0 bridgehead atoms. The highest BCUT2D eigenvalue weighted by atomic mass is 35.5. The van der Waals surface area contributed by atoms with Gasteiger partial charge >= 0.3 is 6.18 Å². The van der Waals surface area contributed by atoms with Gasteiger partial charge in [-0.05, 0) is 61.9 Å². The standard InChI is InChI=1S/C38H42ClF3N6O5/c1-21(49)17-43-19-23-16-29(38(40,41)42)37(48-36(23)52-3)53-31-9-5-6-25-26(31)7-4-8-27(25)34-33(39)28(14-15-45-34)30-12-10-22(35(47-30)51-2)18-44-20-24-11-13-32(50)46-24/h4,7-8,10,12,14-16,21,24,31,43-44,49H,5-6,9,11,13,17-20H2,1-3H3,(H,46,50)/t21?,24-,31-/m0/s1. The van der Waals surface area contributed by atoms with Crippen LogP contribution in [0.5, 0.6) is 17.6 Å². The van der Waals surface area contributed by atoms with Crippen LogP contribution in [-0.2, 0) is 30.5 Å². The number of aliphatic hydroxyl groups is 1. The molecule has 4 N–H and O–H groups in total. The summed E-state index contributed by atoms with van der Waals surface area (Å²) in [7, 11) is 2.89. The van der Waals surface area contributed by atoms with E-state index in [0.717, 1.165) is 34.7 Å². The number of pyridine rings is 3. The average Bonchev–Trinajstić information content (AvgIpc) is 3.56. The number of benzene rings is 1. The van der Waals surface area contributed by atoms with Crippen molar-refractivity contribution in [1.29, 1.82) is 0 Å². The van der Waals surface area contributed by atoms with Crippen molar-refractivity contribution in [2.24, 2.45) is 0 Å². The van der Waals surface area contributed by atoms with Crippen LogP contribution < -0.4 is 30.2 Å². The third-order valence-electron chi connectivity index (χ3n) is 9.33. The lowest BCUT2D eigenvalue weighted by atomic mass is 9.85. The van der Waals surface area contributed by atoms with E-state index in [0.29, 0.717) is 66.6 Å². The van der Waals surface area contributed by atoms with E-state index in [2.05, 4.69) is 25.9 Å². The lowest BCUT2D eigenvalue weighted by Gasteiger charge is -2.29. The molecule has 53 heavy (non-hydrogen) atoms. The Balaban J connectivity index is 1.27. The molecule has 0 spiro atoms. The fourth-order valence-corrected chi connectivity index (χ4v) is 7.10. The Morgan fingerprint density at radius 2 is 1.75 bits per heavy atom. The van der Waals surface area contributed by atoms with Crippen LogP contribution in [0.25, 0.3) is 22.5 Å². The van der Waals surface area contributed by atoms with Crippen molar-refractivity contribution in [3.63, 3.8) is 0 Å². The maximum atomic E-state index is 14.4. The van der Waals surface area contributed by atoms with Crippen molar-refractivity contribution in [3.8, 4) is 40.2 Å². The third kappa shape index (κ3) is 8.84. The molecule has 6 rings (SSSR count). The minimum atomic E-state index is -4.75. The Kier molecular flexibility index (Phi) is 12.0. The van der Waals surface area contributed by atoms with E-state index in [4.69, 9.17) is 30.8 Å². The molecule has 282 valence electrons. The summed E-state index contributed by atoms with van der Waals surface area (Å²) in [6.07, 6.45) is -1.41. The summed E-state index contributed by atoms with van der Waals surface area (Å²) in [6, 6.07) is 12.2. The van der Waals surface area contributed by atoms with E-state index in [1.54, 1.807) is 26.3 Å². The molecular weight excluding hydrogens is 713 g/mol. The van der Waals surface area contributed by atoms with Crippen LogP contribution in [-0.4, -0.2) is 65.4 Å². The van der Waals surface area contributed by atoms with Gasteiger partial charge in [-0.1, -0.05) is 35.9 Å². The molecule has 0 radical (unpaired) electrons. The molecular formula is C38H42ClF3N6O5. The number of ether oxygens (including phenoxy) is 3. The Labute approximate surface area is 310 Å². The number of nitrogens with one attached hydrogen (secondary N) is 3. The number of hydrogen-bond donors (Lipinski definition) is 4. The van der Waals surface area contributed by atoms with Gasteiger partial charge in [0, 0.05) is 67.1 Å². The maximum Gasteiger partial charge on any atom is 0.421 e. The van der Waals surface area contributed by atoms with E-state index in [-0.39, 0.29) is 36.5 Å². The topological polar surface area (TPSA) is 140 Å². The summed E-state index contributed by atoms with van der Waals surface area (Å²) in [5, 5.41) is 19.2. The van der Waals surface area contributed by atoms with Crippen LogP contribution in [0.2, 0.25) is 5.02 Å². The first-order valence-corrected chi connectivity index (χ1v) is 17.9. The van der Waals surface area contributed by atoms with Gasteiger partial charge in [-0.2, -0.15) is 18.2 Å². The van der Waals surface area contributed by atoms with E-state index >= 15 is 0 Å². The zero-order valence-corrected chi connectivity index (χ0v) is 30.4. The number of rotatable bonds is 14. The van der Waals surface area contributed by atoms with Crippen molar-refractivity contribution in [2.45, 2.75) is 76.5 Å². The Hall–Kier alpha value is -4.50. The minimum absolute atomic E-state index is 0.00252. The Morgan fingerprint density at radius 3 is 2.47 bits per heavy atom. The molecule has 0 saturated carbocycles. The number of fused-ring (bicyclic) bond motifs is 1. The monoisotopic (exact) mass is 754 g/mol. The number of methoxy groups -OCH3 is 2. The summed E-state index contributed by atoms with van der Waals surface area (Å²) in [5.41, 5.74) is 4.09. The maximum absolute atomic E-state index is 14.4. The second-order valence-corrected chi connectivity index (χ2v) is 13.6. The van der Waals surface area contributed by atoms with Gasteiger partial charge in [0.2, 0.25) is 23.5 Å². The zero-order chi connectivity index (χ0) is 37.7. The molecule has 1 amide bonds. The first kappa shape index (κ1) is 38.2. The molecule has 1 aromatic carbocycles. The summed E-state index contributed by atoms with van der Waals surface area (Å²) in [6.45, 7) is 2.90. The molecule has 11 nitrogen and oxygen atoms in total. The van der Waals surface area contributed by atoms with Gasteiger partial charge in [-0.3, -0.25) is 9.78 Å². The summed E-state index contributed by atoms with van der Waals surface area (Å²) >= 11 is 7.07. The molecule has 1 aliphatic heterocycles. The predicted molar refractivity (Wildman–Crippen MR) is 193 cm³/mol. The number of aromatic nitrogens is 3. The molecule has 1 saturated heterocycles. The van der Waals surface area contributed by atoms with Crippen LogP contribution in [0.3, 0.4) is 0 Å². The van der Waals surface area contributed by atoms with E-state index in [1.165, 1.54) is 7.11 Å². The van der Waals surface area contributed by atoms with E-state index < -0.39 is 29.8 Å². The molecule has 3 aromatic heterocycles. The zero-order valence-electron chi connectivity index (χ0n) is 29.6. The number of alkyl halides is 3. The molecule has 4 aromatic rings. The first-order chi connectivity index (χ1) is 25.5.